The largest absolute Gasteiger partial charge is 0.490 e. The zero-order valence-electron chi connectivity index (χ0n) is 14.4. The maximum Gasteiger partial charge on any atom is 0.490 e. The zero-order valence-corrected chi connectivity index (χ0v) is 16.0. The van der Waals surface area contributed by atoms with Gasteiger partial charge in [-0.15, -0.1) is 11.3 Å². The first-order valence-electron chi connectivity index (χ1n) is 7.96. The highest BCUT2D eigenvalue weighted by Crippen LogP contribution is 2.34. The van der Waals surface area contributed by atoms with Crippen LogP contribution in [0.1, 0.15) is 22.6 Å². The molecule has 2 atom stereocenters. The van der Waals surface area contributed by atoms with Gasteiger partial charge in [0.2, 0.25) is 10.0 Å². The summed E-state index contributed by atoms with van der Waals surface area (Å²) >= 11 is 1.84. The first-order chi connectivity index (χ1) is 11.9. The van der Waals surface area contributed by atoms with Crippen molar-refractivity contribution in [3.05, 3.63) is 21.9 Å². The molecule has 0 saturated carbocycles. The first kappa shape index (κ1) is 21.1. The lowest BCUT2D eigenvalue weighted by atomic mass is 10.1. The summed E-state index contributed by atoms with van der Waals surface area (Å²) in [6.07, 6.45) is -1.80. The quantitative estimate of drug-likeness (QED) is 0.821. The molecule has 2 aliphatic rings. The molecule has 11 heteroatoms. The van der Waals surface area contributed by atoms with E-state index in [4.69, 9.17) is 9.90 Å². The van der Waals surface area contributed by atoms with Crippen molar-refractivity contribution in [2.75, 3.05) is 19.3 Å². The highest BCUT2D eigenvalue weighted by Gasteiger charge is 2.45. The first-order valence-corrected chi connectivity index (χ1v) is 10.6. The molecule has 6 nitrogen and oxygen atoms in total. The van der Waals surface area contributed by atoms with Gasteiger partial charge in [0.15, 0.2) is 0 Å². The summed E-state index contributed by atoms with van der Waals surface area (Å²) in [5, 5.41) is 7.12. The molecule has 0 amide bonds. The van der Waals surface area contributed by atoms with E-state index in [2.05, 4.69) is 24.0 Å². The lowest BCUT2D eigenvalue weighted by molar-refractivity contribution is -0.192. The Kier molecular flexibility index (Phi) is 6.36. The SMILES string of the molecule is Cc1ccc(CN2CC[C@H]3[C@H]2CCN3S(C)(=O)=O)s1.O=C(O)C(F)(F)F. The van der Waals surface area contributed by atoms with Gasteiger partial charge in [0.05, 0.1) is 6.26 Å². The summed E-state index contributed by atoms with van der Waals surface area (Å²) in [7, 11) is -3.04. The Morgan fingerprint density at radius 2 is 1.85 bits per heavy atom. The van der Waals surface area contributed by atoms with Crippen LogP contribution < -0.4 is 0 Å². The lowest BCUT2D eigenvalue weighted by Gasteiger charge is -2.24. The Hall–Kier alpha value is -1.17. The highest BCUT2D eigenvalue weighted by atomic mass is 32.2. The molecule has 0 bridgehead atoms. The van der Waals surface area contributed by atoms with Crippen molar-refractivity contribution in [1.29, 1.82) is 0 Å². The number of sulfonamides is 1. The number of rotatable bonds is 3. The Bertz CT molecular complexity index is 748. The molecule has 2 aliphatic heterocycles. The molecule has 1 N–H and O–H groups in total. The number of carbonyl (C=O) groups is 1. The number of halogens is 3. The number of carboxylic acids is 1. The van der Waals surface area contributed by atoms with Crippen molar-refractivity contribution in [3.8, 4) is 0 Å². The topological polar surface area (TPSA) is 77.9 Å². The summed E-state index contributed by atoms with van der Waals surface area (Å²) < 4.78 is 56.9. The molecule has 3 heterocycles. The molecular weight excluding hydrogens is 393 g/mol. The second-order valence-electron chi connectivity index (χ2n) is 6.37. The minimum Gasteiger partial charge on any atom is -0.475 e. The van der Waals surface area contributed by atoms with E-state index >= 15 is 0 Å². The third kappa shape index (κ3) is 5.18. The number of hydrogen-bond donors (Lipinski definition) is 1. The molecule has 1 aromatic rings. The molecule has 2 saturated heterocycles. The van der Waals surface area contributed by atoms with Crippen molar-refractivity contribution < 1.29 is 31.5 Å². The summed E-state index contributed by atoms with van der Waals surface area (Å²) in [5.41, 5.74) is 0. The van der Waals surface area contributed by atoms with Crippen LogP contribution in [-0.4, -0.2) is 66.3 Å². The van der Waals surface area contributed by atoms with E-state index in [-0.39, 0.29) is 6.04 Å². The Labute approximate surface area is 154 Å². The van der Waals surface area contributed by atoms with E-state index < -0.39 is 22.2 Å². The van der Waals surface area contributed by atoms with Gasteiger partial charge >= 0.3 is 12.1 Å². The fourth-order valence-corrected chi connectivity index (χ4v) is 5.51. The van der Waals surface area contributed by atoms with E-state index in [9.17, 15) is 21.6 Å². The number of likely N-dealkylation sites (tertiary alicyclic amines) is 1. The van der Waals surface area contributed by atoms with Gasteiger partial charge in [-0.1, -0.05) is 0 Å². The molecule has 26 heavy (non-hydrogen) atoms. The van der Waals surface area contributed by atoms with Gasteiger partial charge < -0.3 is 5.11 Å². The van der Waals surface area contributed by atoms with E-state index in [1.807, 2.05) is 11.3 Å². The minimum absolute atomic E-state index is 0.205. The monoisotopic (exact) mass is 414 g/mol. The molecule has 0 spiro atoms. The Balaban J connectivity index is 0.000000298. The predicted octanol–water partition coefficient (Wildman–Crippen LogP) is 2.30. The Morgan fingerprint density at radius 1 is 1.27 bits per heavy atom. The molecule has 2 fully saturated rings. The molecule has 148 valence electrons. The highest BCUT2D eigenvalue weighted by molar-refractivity contribution is 7.88. The van der Waals surface area contributed by atoms with Crippen LogP contribution in [0.25, 0.3) is 0 Å². The third-order valence-corrected chi connectivity index (χ3v) is 6.75. The van der Waals surface area contributed by atoms with Crippen molar-refractivity contribution in [1.82, 2.24) is 9.21 Å². The maximum atomic E-state index is 11.8. The molecular formula is C15H21F3N2O4S2. The van der Waals surface area contributed by atoms with Crippen LogP contribution in [-0.2, 0) is 21.4 Å². The number of hydrogen-bond acceptors (Lipinski definition) is 5. The van der Waals surface area contributed by atoms with Crippen LogP contribution in [0.4, 0.5) is 13.2 Å². The average Bonchev–Trinajstić information content (AvgIpc) is 3.15. The Morgan fingerprint density at radius 3 is 2.31 bits per heavy atom. The minimum atomic E-state index is -5.08. The van der Waals surface area contributed by atoms with Gasteiger partial charge in [0.1, 0.15) is 0 Å². The van der Waals surface area contributed by atoms with E-state index in [0.717, 1.165) is 25.9 Å². The molecule has 0 aliphatic carbocycles. The standard InChI is InChI=1S/C13H20N2O2S2.C2HF3O2/c1-10-3-4-11(18-10)9-14-7-5-13-12(14)6-8-15(13)19(2,16)17;3-2(4,5)1(6)7/h3-4,12-13H,5-9H2,1-2H3;(H,6,7)/t12-,13+;/m1./s1. The number of aliphatic carboxylic acids is 1. The summed E-state index contributed by atoms with van der Waals surface area (Å²) in [6, 6.07) is 4.97. The van der Waals surface area contributed by atoms with E-state index in [0.29, 0.717) is 12.6 Å². The van der Waals surface area contributed by atoms with Crippen molar-refractivity contribution in [3.63, 3.8) is 0 Å². The molecule has 1 aromatic heterocycles. The van der Waals surface area contributed by atoms with Crippen LogP contribution in [0.3, 0.4) is 0 Å². The predicted molar refractivity (Wildman–Crippen MR) is 91.5 cm³/mol. The van der Waals surface area contributed by atoms with E-state index in [1.165, 1.54) is 16.0 Å². The summed E-state index contributed by atoms with van der Waals surface area (Å²) in [4.78, 5) is 14.1. The zero-order chi connectivity index (χ0) is 19.7. The normalized spacial score (nSPS) is 24.2. The van der Waals surface area contributed by atoms with Crippen LogP contribution in [0.2, 0.25) is 0 Å². The second kappa shape index (κ2) is 7.83. The van der Waals surface area contributed by atoms with Gasteiger partial charge in [-0.3, -0.25) is 4.90 Å². The van der Waals surface area contributed by atoms with Crippen molar-refractivity contribution in [2.24, 2.45) is 0 Å². The van der Waals surface area contributed by atoms with Gasteiger partial charge in [-0.2, -0.15) is 17.5 Å². The molecule has 0 aromatic carbocycles. The van der Waals surface area contributed by atoms with Crippen LogP contribution >= 0.6 is 11.3 Å². The number of carboxylic acid groups (broad SMARTS) is 1. The fourth-order valence-electron chi connectivity index (χ4n) is 3.41. The maximum absolute atomic E-state index is 11.8. The summed E-state index contributed by atoms with van der Waals surface area (Å²) in [6.45, 7) is 4.80. The number of nitrogens with zero attached hydrogens (tertiary/aromatic N) is 2. The number of alkyl halides is 3. The number of fused-ring (bicyclic) bond motifs is 1. The molecule has 0 unspecified atom stereocenters. The van der Waals surface area contributed by atoms with Gasteiger partial charge in [0.25, 0.3) is 0 Å². The smallest absolute Gasteiger partial charge is 0.475 e. The second-order valence-corrected chi connectivity index (χ2v) is 9.68. The lowest BCUT2D eigenvalue weighted by Crippen LogP contribution is -2.38. The van der Waals surface area contributed by atoms with Gasteiger partial charge in [-0.05, 0) is 31.9 Å². The van der Waals surface area contributed by atoms with Crippen molar-refractivity contribution in [2.45, 2.75) is 44.6 Å². The number of thiophene rings is 1. The van der Waals surface area contributed by atoms with Gasteiger partial charge in [0, 0.05) is 41.5 Å². The average molecular weight is 414 g/mol. The third-order valence-electron chi connectivity index (χ3n) is 4.46. The van der Waals surface area contributed by atoms with Crippen molar-refractivity contribution >= 4 is 27.3 Å². The number of aryl methyl sites for hydroxylation is 1. The van der Waals surface area contributed by atoms with Crippen LogP contribution in [0, 0.1) is 6.92 Å². The molecule has 3 rings (SSSR count). The van der Waals surface area contributed by atoms with Crippen LogP contribution in [0.15, 0.2) is 12.1 Å². The fraction of sp³-hybridized carbons (Fsp3) is 0.667. The van der Waals surface area contributed by atoms with E-state index in [1.54, 1.807) is 4.31 Å². The van der Waals surface area contributed by atoms with Crippen LogP contribution in [0.5, 0.6) is 0 Å². The van der Waals surface area contributed by atoms with Gasteiger partial charge in [-0.25, -0.2) is 13.2 Å². The molecule has 0 radical (unpaired) electrons. The summed E-state index contributed by atoms with van der Waals surface area (Å²) in [5.74, 6) is -2.76.